The summed E-state index contributed by atoms with van der Waals surface area (Å²) < 4.78 is 21.4. The van der Waals surface area contributed by atoms with Crippen LogP contribution in [0.5, 0.6) is 23.0 Å². The van der Waals surface area contributed by atoms with E-state index in [1.165, 1.54) is 5.56 Å². The fourth-order valence-corrected chi connectivity index (χ4v) is 4.16. The standard InChI is InChI=1S/C24H30N2O5.C2H2O4/c1-28-20-5-3-17(13-22(20)29-2)7-10-25-24(27)19-8-11-26(12-9-19)15-18-4-6-21-23(14-18)31-16-30-21;3-1(4)2(5)6/h3-6,13-14,19H,7-12,15-16H2,1-2H3,(H,25,27);(H,3,4)(H,5,6). The second kappa shape index (κ2) is 13.4. The van der Waals surface area contributed by atoms with Gasteiger partial charge in [0, 0.05) is 19.0 Å². The maximum absolute atomic E-state index is 12.6. The van der Waals surface area contributed by atoms with Crippen LogP contribution in [-0.2, 0) is 27.3 Å². The van der Waals surface area contributed by atoms with Crippen LogP contribution in [-0.4, -0.2) is 73.6 Å². The predicted molar refractivity (Wildman–Crippen MR) is 132 cm³/mol. The summed E-state index contributed by atoms with van der Waals surface area (Å²) in [6.07, 6.45) is 2.52. The van der Waals surface area contributed by atoms with Crippen molar-refractivity contribution in [2.45, 2.75) is 25.8 Å². The third kappa shape index (κ3) is 8.01. The monoisotopic (exact) mass is 516 g/mol. The van der Waals surface area contributed by atoms with E-state index in [4.69, 9.17) is 38.7 Å². The number of amides is 1. The van der Waals surface area contributed by atoms with Crippen molar-refractivity contribution in [2.24, 2.45) is 5.92 Å². The summed E-state index contributed by atoms with van der Waals surface area (Å²) in [5.41, 5.74) is 2.32. The van der Waals surface area contributed by atoms with E-state index in [1.807, 2.05) is 24.3 Å². The van der Waals surface area contributed by atoms with E-state index in [1.54, 1.807) is 14.2 Å². The van der Waals surface area contributed by atoms with E-state index < -0.39 is 11.9 Å². The number of hydrogen-bond donors (Lipinski definition) is 3. The van der Waals surface area contributed by atoms with Gasteiger partial charge in [-0.1, -0.05) is 12.1 Å². The third-order valence-electron chi connectivity index (χ3n) is 6.15. The fraction of sp³-hybridized carbons (Fsp3) is 0.423. The highest BCUT2D eigenvalue weighted by atomic mass is 16.7. The highest BCUT2D eigenvalue weighted by molar-refractivity contribution is 6.27. The lowest BCUT2D eigenvalue weighted by Gasteiger charge is -2.31. The number of hydrogen-bond acceptors (Lipinski definition) is 8. The Morgan fingerprint density at radius 2 is 1.57 bits per heavy atom. The maximum Gasteiger partial charge on any atom is 0.414 e. The molecule has 1 amide bonds. The number of aliphatic carboxylic acids is 2. The minimum atomic E-state index is -1.82. The normalized spacial score (nSPS) is 14.8. The zero-order valence-electron chi connectivity index (χ0n) is 20.9. The van der Waals surface area contributed by atoms with Crippen LogP contribution < -0.4 is 24.3 Å². The van der Waals surface area contributed by atoms with Crippen LogP contribution in [0.3, 0.4) is 0 Å². The Bertz CT molecular complexity index is 1090. The first-order valence-electron chi connectivity index (χ1n) is 11.9. The van der Waals surface area contributed by atoms with E-state index in [-0.39, 0.29) is 11.8 Å². The maximum atomic E-state index is 12.6. The summed E-state index contributed by atoms with van der Waals surface area (Å²) in [6.45, 7) is 3.62. The average Bonchev–Trinajstić information content (AvgIpc) is 3.37. The molecule has 0 spiro atoms. The van der Waals surface area contributed by atoms with Crippen molar-refractivity contribution in [2.75, 3.05) is 40.6 Å². The van der Waals surface area contributed by atoms with Crippen LogP contribution >= 0.6 is 0 Å². The van der Waals surface area contributed by atoms with E-state index in [2.05, 4.69) is 22.3 Å². The Morgan fingerprint density at radius 3 is 2.22 bits per heavy atom. The summed E-state index contributed by atoms with van der Waals surface area (Å²) in [6, 6.07) is 12.0. The zero-order chi connectivity index (χ0) is 26.8. The van der Waals surface area contributed by atoms with E-state index >= 15 is 0 Å². The van der Waals surface area contributed by atoms with Crippen molar-refractivity contribution < 1.29 is 43.5 Å². The number of carbonyl (C=O) groups is 3. The van der Waals surface area contributed by atoms with Gasteiger partial charge in [-0.2, -0.15) is 0 Å². The van der Waals surface area contributed by atoms with Gasteiger partial charge in [0.2, 0.25) is 12.7 Å². The molecule has 0 atom stereocenters. The first kappa shape index (κ1) is 27.6. The topological polar surface area (TPSA) is 144 Å². The van der Waals surface area contributed by atoms with Crippen molar-refractivity contribution in [3.8, 4) is 23.0 Å². The number of carboxylic acids is 2. The van der Waals surface area contributed by atoms with Gasteiger partial charge >= 0.3 is 11.9 Å². The molecule has 2 aromatic rings. The number of nitrogens with one attached hydrogen (secondary N) is 1. The van der Waals surface area contributed by atoms with Crippen molar-refractivity contribution >= 4 is 17.8 Å². The molecule has 0 bridgehead atoms. The molecule has 2 aliphatic rings. The van der Waals surface area contributed by atoms with Crippen molar-refractivity contribution in [1.29, 1.82) is 0 Å². The molecule has 4 rings (SSSR count). The van der Waals surface area contributed by atoms with Crippen LogP contribution in [0.2, 0.25) is 0 Å². The van der Waals surface area contributed by atoms with Crippen LogP contribution in [0.4, 0.5) is 0 Å². The minimum Gasteiger partial charge on any atom is -0.493 e. The minimum absolute atomic E-state index is 0.0819. The van der Waals surface area contributed by atoms with E-state index in [0.29, 0.717) is 24.8 Å². The van der Waals surface area contributed by atoms with Gasteiger partial charge in [0.15, 0.2) is 23.0 Å². The smallest absolute Gasteiger partial charge is 0.414 e. The summed E-state index contributed by atoms with van der Waals surface area (Å²) >= 11 is 0. The number of benzene rings is 2. The first-order chi connectivity index (χ1) is 17.8. The van der Waals surface area contributed by atoms with Gasteiger partial charge < -0.3 is 34.5 Å². The SMILES string of the molecule is COc1ccc(CCNC(=O)C2CCN(Cc3ccc4c(c3)OCO4)CC2)cc1OC.O=C(O)C(=O)O. The third-order valence-corrected chi connectivity index (χ3v) is 6.15. The fourth-order valence-electron chi connectivity index (χ4n) is 4.16. The Kier molecular flexibility index (Phi) is 9.96. The molecule has 1 fully saturated rings. The number of ether oxygens (including phenoxy) is 4. The molecule has 200 valence electrons. The zero-order valence-corrected chi connectivity index (χ0v) is 20.9. The Morgan fingerprint density at radius 1 is 0.919 bits per heavy atom. The van der Waals surface area contributed by atoms with Gasteiger partial charge in [-0.3, -0.25) is 9.69 Å². The summed E-state index contributed by atoms with van der Waals surface area (Å²) in [5, 5.41) is 17.9. The van der Waals surface area contributed by atoms with Crippen molar-refractivity contribution in [1.82, 2.24) is 10.2 Å². The molecule has 37 heavy (non-hydrogen) atoms. The highest BCUT2D eigenvalue weighted by Crippen LogP contribution is 2.33. The second-order valence-corrected chi connectivity index (χ2v) is 8.58. The Balaban J connectivity index is 0.000000568. The van der Waals surface area contributed by atoms with Gasteiger partial charge in [0.1, 0.15) is 0 Å². The second-order valence-electron chi connectivity index (χ2n) is 8.58. The number of rotatable bonds is 8. The molecule has 0 saturated carbocycles. The predicted octanol–water partition coefficient (Wildman–Crippen LogP) is 2.16. The van der Waals surface area contributed by atoms with Gasteiger partial charge in [0.05, 0.1) is 14.2 Å². The Hall–Kier alpha value is -3.99. The highest BCUT2D eigenvalue weighted by Gasteiger charge is 2.25. The van der Waals surface area contributed by atoms with Crippen LogP contribution in [0.15, 0.2) is 36.4 Å². The molecule has 11 nitrogen and oxygen atoms in total. The van der Waals surface area contributed by atoms with Gasteiger partial charge in [-0.15, -0.1) is 0 Å². The van der Waals surface area contributed by atoms with Gasteiger partial charge in [-0.25, -0.2) is 9.59 Å². The summed E-state index contributed by atoms with van der Waals surface area (Å²) in [5.74, 6) is -0.357. The average molecular weight is 517 g/mol. The number of likely N-dealkylation sites (tertiary alicyclic amines) is 1. The van der Waals surface area contributed by atoms with Crippen LogP contribution in [0, 0.1) is 5.92 Å². The molecule has 2 aromatic carbocycles. The van der Waals surface area contributed by atoms with Crippen LogP contribution in [0.1, 0.15) is 24.0 Å². The molecule has 0 aromatic heterocycles. The lowest BCUT2D eigenvalue weighted by atomic mass is 9.95. The van der Waals surface area contributed by atoms with E-state index in [0.717, 1.165) is 56.0 Å². The molecule has 11 heteroatoms. The number of nitrogens with zero attached hydrogens (tertiary/aromatic N) is 1. The van der Waals surface area contributed by atoms with E-state index in [9.17, 15) is 4.79 Å². The summed E-state index contributed by atoms with van der Waals surface area (Å²) in [4.78, 5) is 33.2. The molecular formula is C26H32N2O9. The lowest BCUT2D eigenvalue weighted by Crippen LogP contribution is -2.40. The molecule has 1 saturated heterocycles. The lowest BCUT2D eigenvalue weighted by molar-refractivity contribution is -0.159. The number of piperidine rings is 1. The first-order valence-corrected chi connectivity index (χ1v) is 11.9. The summed E-state index contributed by atoms with van der Waals surface area (Å²) in [7, 11) is 3.25. The molecule has 0 unspecified atom stereocenters. The molecule has 0 aliphatic carbocycles. The molecule has 3 N–H and O–H groups in total. The number of carbonyl (C=O) groups excluding carboxylic acids is 1. The molecule has 0 radical (unpaired) electrons. The number of carboxylic acid groups (broad SMARTS) is 2. The largest absolute Gasteiger partial charge is 0.493 e. The quantitative estimate of drug-likeness (QED) is 0.447. The molecule has 2 heterocycles. The molecule has 2 aliphatic heterocycles. The van der Waals surface area contributed by atoms with Gasteiger partial charge in [-0.05, 0) is 67.7 Å². The van der Waals surface area contributed by atoms with Crippen molar-refractivity contribution in [3.05, 3.63) is 47.5 Å². The number of methoxy groups -OCH3 is 2. The van der Waals surface area contributed by atoms with Gasteiger partial charge in [0.25, 0.3) is 0 Å². The number of fused-ring (bicyclic) bond motifs is 1. The Labute approximate surface area is 214 Å². The van der Waals surface area contributed by atoms with Crippen LogP contribution in [0.25, 0.3) is 0 Å². The van der Waals surface area contributed by atoms with Crippen molar-refractivity contribution in [3.63, 3.8) is 0 Å². The molecular weight excluding hydrogens is 484 g/mol.